The van der Waals surface area contributed by atoms with Crippen LogP contribution in [0.2, 0.25) is 5.02 Å². The summed E-state index contributed by atoms with van der Waals surface area (Å²) in [5.74, 6) is -0.473. The molecule has 0 fully saturated rings. The van der Waals surface area contributed by atoms with Crippen LogP contribution in [-0.4, -0.2) is 24.5 Å². The Labute approximate surface area is 178 Å². The number of benzene rings is 2. The minimum Gasteiger partial charge on any atom is -0.478 e. The molecule has 0 atom stereocenters. The van der Waals surface area contributed by atoms with E-state index in [2.05, 4.69) is 9.71 Å². The average Bonchev–Trinajstić information content (AvgIpc) is 2.68. The van der Waals surface area contributed by atoms with E-state index >= 15 is 0 Å². The topological polar surface area (TPSA) is 96.4 Å². The third-order valence-electron chi connectivity index (χ3n) is 4.04. The van der Waals surface area contributed by atoms with Crippen molar-refractivity contribution in [1.82, 2.24) is 4.98 Å². The molecule has 2 aromatic carbocycles. The molecule has 0 bridgehead atoms. The molecule has 6 nitrogen and oxygen atoms in total. The van der Waals surface area contributed by atoms with E-state index in [1.165, 1.54) is 30.1 Å². The number of carboxylic acids is 1. The monoisotopic (exact) mass is 448 g/mol. The van der Waals surface area contributed by atoms with Gasteiger partial charge in [-0.05, 0) is 54.4 Å². The Hall–Kier alpha value is -2.55. The quantitative estimate of drug-likeness (QED) is 0.502. The van der Waals surface area contributed by atoms with E-state index in [1.54, 1.807) is 19.1 Å². The molecule has 0 spiro atoms. The first-order valence-electron chi connectivity index (χ1n) is 8.45. The molecule has 0 aliphatic heterocycles. The van der Waals surface area contributed by atoms with E-state index in [0.29, 0.717) is 22.0 Å². The van der Waals surface area contributed by atoms with Crippen molar-refractivity contribution in [2.45, 2.75) is 22.6 Å². The maximum Gasteiger partial charge on any atom is 0.335 e. The van der Waals surface area contributed by atoms with Gasteiger partial charge in [0, 0.05) is 10.8 Å². The molecule has 9 heteroatoms. The van der Waals surface area contributed by atoms with Crippen molar-refractivity contribution in [3.63, 3.8) is 0 Å². The number of thioether (sulfide) groups is 1. The van der Waals surface area contributed by atoms with Crippen molar-refractivity contribution >= 4 is 45.0 Å². The van der Waals surface area contributed by atoms with Gasteiger partial charge in [0.15, 0.2) is 0 Å². The van der Waals surface area contributed by atoms with Crippen molar-refractivity contribution in [3.8, 4) is 0 Å². The van der Waals surface area contributed by atoms with Gasteiger partial charge in [-0.3, -0.25) is 4.72 Å². The molecule has 0 saturated carbocycles. The number of carbonyl (C=O) groups is 1. The number of aromatic carboxylic acids is 1. The van der Waals surface area contributed by atoms with Crippen LogP contribution in [0.1, 0.15) is 21.5 Å². The highest BCUT2D eigenvalue weighted by atomic mass is 35.5. The van der Waals surface area contributed by atoms with Gasteiger partial charge >= 0.3 is 5.97 Å². The number of hydrogen-bond donors (Lipinski definition) is 2. The van der Waals surface area contributed by atoms with Gasteiger partial charge in [-0.1, -0.05) is 29.8 Å². The lowest BCUT2D eigenvalue weighted by molar-refractivity contribution is 0.0696. The molecule has 150 valence electrons. The normalized spacial score (nSPS) is 11.2. The van der Waals surface area contributed by atoms with Crippen LogP contribution in [0.4, 0.5) is 5.69 Å². The predicted octanol–water partition coefficient (Wildman–Crippen LogP) is 4.83. The van der Waals surface area contributed by atoms with Gasteiger partial charge in [0.2, 0.25) is 0 Å². The number of anilines is 1. The molecule has 3 rings (SSSR count). The summed E-state index contributed by atoms with van der Waals surface area (Å²) in [6, 6.07) is 14.8. The van der Waals surface area contributed by atoms with Crippen molar-refractivity contribution in [2.75, 3.05) is 4.72 Å². The van der Waals surface area contributed by atoms with E-state index in [9.17, 15) is 18.3 Å². The Morgan fingerprint density at radius 1 is 1.14 bits per heavy atom. The first-order chi connectivity index (χ1) is 13.7. The summed E-state index contributed by atoms with van der Waals surface area (Å²) in [5.41, 5.74) is 1.82. The van der Waals surface area contributed by atoms with E-state index in [1.807, 2.05) is 24.3 Å². The fraction of sp³-hybridized carbons (Fsp3) is 0.100. The minimum absolute atomic E-state index is 0.0556. The Morgan fingerprint density at radius 3 is 2.48 bits per heavy atom. The van der Waals surface area contributed by atoms with Gasteiger partial charge in [0.05, 0.1) is 27.4 Å². The number of sulfonamides is 1. The zero-order valence-corrected chi connectivity index (χ0v) is 17.7. The van der Waals surface area contributed by atoms with Crippen LogP contribution in [0.3, 0.4) is 0 Å². The number of rotatable bonds is 7. The van der Waals surface area contributed by atoms with E-state index in [4.69, 9.17) is 11.6 Å². The third kappa shape index (κ3) is 5.50. The fourth-order valence-electron chi connectivity index (χ4n) is 2.48. The van der Waals surface area contributed by atoms with Gasteiger partial charge in [0.1, 0.15) is 0 Å². The third-order valence-corrected chi connectivity index (χ3v) is 6.68. The average molecular weight is 449 g/mol. The molecule has 0 aliphatic rings. The molecule has 3 aromatic rings. The molecule has 29 heavy (non-hydrogen) atoms. The number of carboxylic acid groups (broad SMARTS) is 1. The number of halogens is 1. The second-order valence-corrected chi connectivity index (χ2v) is 9.30. The molecule has 2 N–H and O–H groups in total. The maximum atomic E-state index is 12.6. The second kappa shape index (κ2) is 8.86. The Kier molecular flexibility index (Phi) is 6.46. The Morgan fingerprint density at radius 2 is 1.86 bits per heavy atom. The van der Waals surface area contributed by atoms with Crippen LogP contribution < -0.4 is 4.72 Å². The summed E-state index contributed by atoms with van der Waals surface area (Å²) in [6.07, 6.45) is 1.42. The van der Waals surface area contributed by atoms with Gasteiger partial charge in [-0.25, -0.2) is 18.2 Å². The smallest absolute Gasteiger partial charge is 0.335 e. The number of hydrogen-bond acceptors (Lipinski definition) is 5. The molecular weight excluding hydrogens is 432 g/mol. The number of aromatic nitrogens is 1. The highest BCUT2D eigenvalue weighted by Gasteiger charge is 2.18. The molecule has 0 radical (unpaired) electrons. The van der Waals surface area contributed by atoms with E-state index in [-0.39, 0.29) is 10.5 Å². The van der Waals surface area contributed by atoms with Crippen LogP contribution >= 0.6 is 23.4 Å². The summed E-state index contributed by atoms with van der Waals surface area (Å²) >= 11 is 7.38. The van der Waals surface area contributed by atoms with E-state index in [0.717, 1.165) is 16.7 Å². The van der Waals surface area contributed by atoms with Crippen molar-refractivity contribution in [3.05, 3.63) is 82.5 Å². The zero-order valence-electron chi connectivity index (χ0n) is 15.3. The first kappa shape index (κ1) is 21.2. The van der Waals surface area contributed by atoms with Gasteiger partial charge in [-0.2, -0.15) is 0 Å². The number of aryl methyl sites for hydroxylation is 1. The summed E-state index contributed by atoms with van der Waals surface area (Å²) in [7, 11) is -3.93. The molecule has 0 aliphatic carbocycles. The van der Waals surface area contributed by atoms with Crippen LogP contribution in [-0.2, 0) is 15.8 Å². The zero-order chi connectivity index (χ0) is 21.0. The molecule has 1 aromatic heterocycles. The summed E-state index contributed by atoms with van der Waals surface area (Å²) in [6.45, 7) is 1.61. The van der Waals surface area contributed by atoms with Crippen LogP contribution in [0, 0.1) is 6.92 Å². The van der Waals surface area contributed by atoms with Crippen LogP contribution in [0.5, 0.6) is 0 Å². The van der Waals surface area contributed by atoms with E-state index < -0.39 is 16.0 Å². The lowest BCUT2D eigenvalue weighted by Crippen LogP contribution is -2.14. The number of pyridine rings is 1. The molecular formula is C20H17ClN2O4S2. The standard InChI is InChI=1S/C20H17ClN2O4S2/c1-13-2-8-17(10-18(13)20(24)25)29(26,27)23-16-7-9-19(22-11-16)28-12-14-3-5-15(21)6-4-14/h2-11,23H,12H2,1H3,(H,24,25). The molecule has 0 unspecified atom stereocenters. The number of nitrogens with one attached hydrogen (secondary N) is 1. The summed E-state index contributed by atoms with van der Waals surface area (Å²) < 4.78 is 27.5. The lowest BCUT2D eigenvalue weighted by atomic mass is 10.1. The van der Waals surface area contributed by atoms with Crippen LogP contribution in [0.15, 0.2) is 70.7 Å². The highest BCUT2D eigenvalue weighted by Crippen LogP contribution is 2.24. The fourth-order valence-corrected chi connectivity index (χ4v) is 4.47. The van der Waals surface area contributed by atoms with Gasteiger partial charge in [0.25, 0.3) is 10.0 Å². The maximum absolute atomic E-state index is 12.6. The van der Waals surface area contributed by atoms with Crippen molar-refractivity contribution in [1.29, 1.82) is 0 Å². The van der Waals surface area contributed by atoms with Gasteiger partial charge < -0.3 is 5.11 Å². The number of nitrogens with zero attached hydrogens (tertiary/aromatic N) is 1. The van der Waals surface area contributed by atoms with Crippen molar-refractivity contribution < 1.29 is 18.3 Å². The molecule has 0 saturated heterocycles. The predicted molar refractivity (Wildman–Crippen MR) is 114 cm³/mol. The van der Waals surface area contributed by atoms with Crippen LogP contribution in [0.25, 0.3) is 0 Å². The largest absolute Gasteiger partial charge is 0.478 e. The second-order valence-electron chi connectivity index (χ2n) is 6.19. The summed E-state index contributed by atoms with van der Waals surface area (Å²) in [4.78, 5) is 15.4. The van der Waals surface area contributed by atoms with Crippen molar-refractivity contribution in [2.24, 2.45) is 0 Å². The Bertz CT molecular complexity index is 1130. The summed E-state index contributed by atoms with van der Waals surface area (Å²) in [5, 5.41) is 10.6. The SMILES string of the molecule is Cc1ccc(S(=O)(=O)Nc2ccc(SCc3ccc(Cl)cc3)nc2)cc1C(=O)O. The first-order valence-corrected chi connectivity index (χ1v) is 11.3. The Balaban J connectivity index is 1.69. The molecule has 0 amide bonds. The molecule has 1 heterocycles. The van der Waals surface area contributed by atoms with Gasteiger partial charge in [-0.15, -0.1) is 11.8 Å². The highest BCUT2D eigenvalue weighted by molar-refractivity contribution is 7.98. The minimum atomic E-state index is -3.93. The lowest BCUT2D eigenvalue weighted by Gasteiger charge is -2.10.